The van der Waals surface area contributed by atoms with Crippen molar-refractivity contribution in [2.24, 2.45) is 0 Å². The molecule has 0 radical (unpaired) electrons. The Morgan fingerprint density at radius 1 is 0.971 bits per heavy atom. The number of methoxy groups -OCH3 is 2. The Balaban J connectivity index is 1.47. The number of anilines is 1. The third-order valence-corrected chi connectivity index (χ3v) is 6.92. The Kier molecular flexibility index (Phi) is 6.01. The molecule has 1 fully saturated rings. The maximum atomic E-state index is 13.9. The number of aromatic nitrogens is 4. The van der Waals surface area contributed by atoms with Crippen molar-refractivity contribution in [1.82, 2.24) is 24.5 Å². The molecule has 0 atom stereocenters. The molecular weight excluding hydrogens is 481 g/mol. The number of imidazole rings is 1. The van der Waals surface area contributed by atoms with Crippen molar-refractivity contribution in [1.29, 1.82) is 0 Å². The second-order valence-corrected chi connectivity index (χ2v) is 9.17. The summed E-state index contributed by atoms with van der Waals surface area (Å²) in [4.78, 5) is 13.1. The lowest BCUT2D eigenvalue weighted by molar-refractivity contribution is -0.137. The van der Waals surface area contributed by atoms with Gasteiger partial charge in [-0.2, -0.15) is 18.3 Å². The van der Waals surface area contributed by atoms with Crippen LogP contribution in [-0.2, 0) is 6.18 Å². The number of rotatable bonds is 5. The van der Waals surface area contributed by atoms with Gasteiger partial charge < -0.3 is 19.3 Å². The summed E-state index contributed by atoms with van der Waals surface area (Å²) in [6, 6.07) is 6.59. The summed E-state index contributed by atoms with van der Waals surface area (Å²) in [6.07, 6.45) is -1.47. The molecule has 4 aromatic rings. The third kappa shape index (κ3) is 4.50. The minimum atomic E-state index is -4.53. The average Bonchev–Trinajstić information content (AvgIpc) is 3.43. The molecule has 8 nitrogen and oxygen atoms in total. The first-order chi connectivity index (χ1) is 16.8. The zero-order chi connectivity index (χ0) is 24.7. The molecule has 35 heavy (non-hydrogen) atoms. The van der Waals surface area contributed by atoms with Crippen LogP contribution in [0, 0.1) is 0 Å². The molecule has 0 unspecified atom stereocenters. The maximum Gasteiger partial charge on any atom is 0.419 e. The molecular formula is C23H23F3N6O2S. The van der Waals surface area contributed by atoms with E-state index in [4.69, 9.17) is 9.47 Å². The van der Waals surface area contributed by atoms with E-state index in [0.29, 0.717) is 58.9 Å². The first-order valence-corrected chi connectivity index (χ1v) is 11.7. The Labute approximate surface area is 203 Å². The Morgan fingerprint density at radius 3 is 2.37 bits per heavy atom. The number of halogens is 3. The lowest BCUT2D eigenvalue weighted by atomic mass is 10.1. The quantitative estimate of drug-likeness (QED) is 0.401. The number of likely N-dealkylation sites (N-methyl/N-ethyl adjacent to an activating group) is 1. The van der Waals surface area contributed by atoms with Gasteiger partial charge >= 0.3 is 6.18 Å². The van der Waals surface area contributed by atoms with E-state index >= 15 is 0 Å². The van der Waals surface area contributed by atoms with Crippen molar-refractivity contribution >= 4 is 22.1 Å². The van der Waals surface area contributed by atoms with Gasteiger partial charge in [-0.05, 0) is 31.3 Å². The van der Waals surface area contributed by atoms with Gasteiger partial charge in [0.1, 0.15) is 10.8 Å². The summed E-state index contributed by atoms with van der Waals surface area (Å²) in [7, 11) is 5.07. The van der Waals surface area contributed by atoms with E-state index in [2.05, 4.69) is 20.0 Å². The van der Waals surface area contributed by atoms with Crippen LogP contribution in [0.3, 0.4) is 0 Å². The fourth-order valence-corrected chi connectivity index (χ4v) is 4.88. The van der Waals surface area contributed by atoms with Crippen LogP contribution < -0.4 is 14.4 Å². The zero-order valence-electron chi connectivity index (χ0n) is 19.3. The van der Waals surface area contributed by atoms with E-state index < -0.39 is 11.7 Å². The molecule has 1 saturated heterocycles. The normalized spacial score (nSPS) is 15.1. The Morgan fingerprint density at radius 2 is 1.71 bits per heavy atom. The lowest BCUT2D eigenvalue weighted by Gasteiger charge is -2.34. The van der Waals surface area contributed by atoms with Gasteiger partial charge in [0.25, 0.3) is 0 Å². The van der Waals surface area contributed by atoms with Gasteiger partial charge in [0.05, 0.1) is 31.7 Å². The van der Waals surface area contributed by atoms with E-state index in [-0.39, 0.29) is 5.82 Å². The highest BCUT2D eigenvalue weighted by molar-refractivity contribution is 7.19. The average molecular weight is 505 g/mol. The number of benzene rings is 1. The van der Waals surface area contributed by atoms with E-state index in [1.165, 1.54) is 17.5 Å². The number of alkyl halides is 3. The number of nitrogens with zero attached hydrogens (tertiary/aromatic N) is 6. The van der Waals surface area contributed by atoms with Crippen molar-refractivity contribution in [2.45, 2.75) is 6.18 Å². The van der Waals surface area contributed by atoms with Crippen LogP contribution in [0.1, 0.15) is 5.56 Å². The van der Waals surface area contributed by atoms with Gasteiger partial charge in [-0.25, -0.2) is 14.5 Å². The minimum absolute atomic E-state index is 0.0377. The van der Waals surface area contributed by atoms with Crippen molar-refractivity contribution in [3.8, 4) is 33.3 Å². The summed E-state index contributed by atoms with van der Waals surface area (Å²) >= 11 is 1.32. The topological polar surface area (TPSA) is 68.0 Å². The summed E-state index contributed by atoms with van der Waals surface area (Å²) in [5, 5.41) is 5.24. The summed E-state index contributed by atoms with van der Waals surface area (Å²) in [6.45, 7) is 2.36. The molecule has 0 saturated carbocycles. The second kappa shape index (κ2) is 9.00. The molecule has 0 N–H and O–H groups in total. The number of pyridine rings is 1. The van der Waals surface area contributed by atoms with E-state index in [1.807, 2.05) is 19.2 Å². The third-order valence-electron chi connectivity index (χ3n) is 5.94. The second-order valence-electron chi connectivity index (χ2n) is 8.21. The summed E-state index contributed by atoms with van der Waals surface area (Å²) in [5.41, 5.74) is 0.734. The number of piperazine rings is 1. The van der Waals surface area contributed by atoms with E-state index in [9.17, 15) is 13.2 Å². The van der Waals surface area contributed by atoms with Gasteiger partial charge in [-0.15, -0.1) is 0 Å². The monoisotopic (exact) mass is 504 g/mol. The fraction of sp³-hybridized carbons (Fsp3) is 0.348. The van der Waals surface area contributed by atoms with Gasteiger partial charge in [-0.1, -0.05) is 11.3 Å². The fourth-order valence-electron chi connectivity index (χ4n) is 4.00. The molecule has 5 rings (SSSR count). The molecule has 184 valence electrons. The number of ether oxygens (including phenoxy) is 2. The summed E-state index contributed by atoms with van der Waals surface area (Å²) in [5.74, 6) is 1.14. The minimum Gasteiger partial charge on any atom is -0.493 e. The number of hydrogen-bond acceptors (Lipinski definition) is 8. The first-order valence-electron chi connectivity index (χ1n) is 10.9. The van der Waals surface area contributed by atoms with Crippen LogP contribution in [0.4, 0.5) is 19.0 Å². The molecule has 12 heteroatoms. The molecule has 1 aliphatic rings. The molecule has 0 bridgehead atoms. The smallest absolute Gasteiger partial charge is 0.419 e. The highest BCUT2D eigenvalue weighted by Crippen LogP contribution is 2.39. The Bertz CT molecular complexity index is 1330. The lowest BCUT2D eigenvalue weighted by Crippen LogP contribution is -2.45. The zero-order valence-corrected chi connectivity index (χ0v) is 20.2. The van der Waals surface area contributed by atoms with Crippen LogP contribution in [-0.4, -0.2) is 71.9 Å². The van der Waals surface area contributed by atoms with Gasteiger partial charge in [0.2, 0.25) is 4.96 Å². The van der Waals surface area contributed by atoms with Gasteiger partial charge in [0.15, 0.2) is 11.5 Å². The van der Waals surface area contributed by atoms with Crippen LogP contribution in [0.2, 0.25) is 0 Å². The van der Waals surface area contributed by atoms with E-state index in [0.717, 1.165) is 11.6 Å². The van der Waals surface area contributed by atoms with Crippen molar-refractivity contribution in [3.63, 3.8) is 0 Å². The van der Waals surface area contributed by atoms with Crippen LogP contribution in [0.15, 0.2) is 36.7 Å². The largest absolute Gasteiger partial charge is 0.493 e. The van der Waals surface area contributed by atoms with Crippen molar-refractivity contribution in [2.75, 3.05) is 52.3 Å². The predicted octanol–water partition coefficient (Wildman–Crippen LogP) is 4.31. The van der Waals surface area contributed by atoms with Crippen molar-refractivity contribution < 1.29 is 22.6 Å². The van der Waals surface area contributed by atoms with Crippen molar-refractivity contribution in [3.05, 3.63) is 42.2 Å². The molecule has 1 aliphatic heterocycles. The maximum absolute atomic E-state index is 13.9. The molecule has 3 aromatic heterocycles. The Hall–Kier alpha value is -3.38. The number of fused-ring (bicyclic) bond motifs is 1. The highest BCUT2D eigenvalue weighted by Gasteiger charge is 2.37. The van der Waals surface area contributed by atoms with Crippen LogP contribution >= 0.6 is 11.3 Å². The molecule has 4 heterocycles. The van der Waals surface area contributed by atoms with Gasteiger partial charge in [0, 0.05) is 43.5 Å². The standard InChI is InChI=1S/C23H23F3N6O2S/c1-30-6-8-31(9-7-30)20-16(23(24,25)26)10-15(12-27-20)17-13-32-22(28-17)35-21(29-32)14-4-5-18(33-2)19(11-14)34-3/h4-5,10-13H,6-9H2,1-3H3. The van der Waals surface area contributed by atoms with Gasteiger partial charge in [-0.3, -0.25) is 0 Å². The molecule has 0 aliphatic carbocycles. The molecule has 0 spiro atoms. The predicted molar refractivity (Wildman–Crippen MR) is 127 cm³/mol. The number of hydrogen-bond donors (Lipinski definition) is 0. The highest BCUT2D eigenvalue weighted by atomic mass is 32.1. The molecule has 1 aromatic carbocycles. The SMILES string of the molecule is COc1ccc(-c2nn3cc(-c4cnc(N5CCN(C)CC5)c(C(F)(F)F)c4)nc3s2)cc1OC. The van der Waals surface area contributed by atoms with E-state index in [1.54, 1.807) is 35.9 Å². The summed E-state index contributed by atoms with van der Waals surface area (Å²) < 4.78 is 54.0. The molecule has 0 amide bonds. The first kappa shape index (κ1) is 23.4. The van der Waals surface area contributed by atoms with Crippen LogP contribution in [0.5, 0.6) is 11.5 Å². The van der Waals surface area contributed by atoms with Crippen LogP contribution in [0.25, 0.3) is 26.8 Å².